The lowest BCUT2D eigenvalue weighted by molar-refractivity contribution is 0.202. The first-order valence-electron chi connectivity index (χ1n) is 9.27. The maximum absolute atomic E-state index is 10.6. The fourth-order valence-electron chi connectivity index (χ4n) is 4.23. The lowest BCUT2D eigenvalue weighted by atomic mass is 10.0. The number of nitrogens with zero attached hydrogens (tertiary/aromatic N) is 3. The van der Waals surface area contributed by atoms with Gasteiger partial charge in [0.15, 0.2) is 0 Å². The van der Waals surface area contributed by atoms with E-state index in [1.807, 2.05) is 6.07 Å². The lowest BCUT2D eigenvalue weighted by Crippen LogP contribution is -2.44. The number of hydrogen-bond donors (Lipinski definition) is 0. The van der Waals surface area contributed by atoms with Crippen molar-refractivity contribution in [3.8, 4) is 0 Å². The van der Waals surface area contributed by atoms with Crippen molar-refractivity contribution in [3.63, 3.8) is 0 Å². The van der Waals surface area contributed by atoms with Gasteiger partial charge < -0.3 is 4.90 Å². The fraction of sp³-hybridized carbons (Fsp3) is 0.429. The van der Waals surface area contributed by atoms with Crippen LogP contribution < -0.4 is 4.90 Å². The maximum Gasteiger partial charge on any atom is 0.106 e. The van der Waals surface area contributed by atoms with Gasteiger partial charge in [-0.05, 0) is 42.0 Å². The van der Waals surface area contributed by atoms with E-state index in [-0.39, 0.29) is 6.54 Å². The highest BCUT2D eigenvalue weighted by Crippen LogP contribution is 2.33. The molecule has 2 aromatic carbocycles. The van der Waals surface area contributed by atoms with Crippen LogP contribution in [-0.4, -0.2) is 30.6 Å². The molecule has 0 unspecified atom stereocenters. The van der Waals surface area contributed by atoms with E-state index in [2.05, 4.69) is 57.4 Å². The fourth-order valence-corrected chi connectivity index (χ4v) is 4.23. The van der Waals surface area contributed by atoms with E-state index in [0.717, 1.165) is 38.2 Å². The summed E-state index contributed by atoms with van der Waals surface area (Å²) in [6, 6.07) is 17.8. The van der Waals surface area contributed by atoms with Gasteiger partial charge in [0.05, 0.1) is 0 Å². The first-order chi connectivity index (χ1) is 12.3. The molecular formula is C21H25N3O. The van der Waals surface area contributed by atoms with Crippen LogP contribution in [0, 0.1) is 4.91 Å². The van der Waals surface area contributed by atoms with Crippen molar-refractivity contribution in [1.82, 2.24) is 4.90 Å². The Morgan fingerprint density at radius 3 is 2.52 bits per heavy atom. The summed E-state index contributed by atoms with van der Waals surface area (Å²) in [5.41, 5.74) is 5.18. The third kappa shape index (κ3) is 3.59. The molecule has 0 N–H and O–H groups in total. The molecule has 2 aromatic rings. The molecule has 0 radical (unpaired) electrons. The maximum atomic E-state index is 10.6. The van der Waals surface area contributed by atoms with E-state index >= 15 is 0 Å². The Bertz CT molecular complexity index is 723. The first-order valence-corrected chi connectivity index (χ1v) is 9.27. The molecule has 4 nitrogen and oxygen atoms in total. The van der Waals surface area contributed by atoms with Crippen molar-refractivity contribution in [2.75, 3.05) is 24.5 Å². The minimum atomic E-state index is 0.274. The van der Waals surface area contributed by atoms with Crippen LogP contribution in [0.3, 0.4) is 0 Å². The van der Waals surface area contributed by atoms with Gasteiger partial charge in [0, 0.05) is 37.9 Å². The predicted octanol–water partition coefficient (Wildman–Crippen LogP) is 3.98. The molecule has 1 fully saturated rings. The highest BCUT2D eigenvalue weighted by molar-refractivity contribution is 5.60. The predicted molar refractivity (Wildman–Crippen MR) is 102 cm³/mol. The quantitative estimate of drug-likeness (QED) is 0.776. The van der Waals surface area contributed by atoms with Crippen LogP contribution in [0.1, 0.15) is 29.5 Å². The minimum Gasteiger partial charge on any atom is -0.368 e. The molecule has 1 saturated heterocycles. The Morgan fingerprint density at radius 2 is 1.76 bits per heavy atom. The zero-order chi connectivity index (χ0) is 17.1. The van der Waals surface area contributed by atoms with Gasteiger partial charge in [0.1, 0.15) is 6.54 Å². The van der Waals surface area contributed by atoms with Gasteiger partial charge in [-0.2, -0.15) is 4.91 Å². The minimum absolute atomic E-state index is 0.274. The third-order valence-corrected chi connectivity index (χ3v) is 5.58. The molecule has 0 aromatic heterocycles. The zero-order valence-corrected chi connectivity index (χ0v) is 14.6. The topological polar surface area (TPSA) is 35.9 Å². The normalized spacial score (nSPS) is 18.3. The van der Waals surface area contributed by atoms with Crippen LogP contribution in [0.4, 0.5) is 5.69 Å². The molecule has 2 heterocycles. The molecule has 4 rings (SSSR count). The van der Waals surface area contributed by atoms with E-state index < -0.39 is 0 Å². The van der Waals surface area contributed by atoms with Gasteiger partial charge in [0.2, 0.25) is 0 Å². The highest BCUT2D eigenvalue weighted by atomic mass is 16.3. The van der Waals surface area contributed by atoms with Crippen molar-refractivity contribution < 1.29 is 0 Å². The third-order valence-electron chi connectivity index (χ3n) is 5.58. The zero-order valence-electron chi connectivity index (χ0n) is 14.6. The average Bonchev–Trinajstić information content (AvgIpc) is 3.07. The number of rotatable bonds is 5. The van der Waals surface area contributed by atoms with Crippen LogP contribution >= 0.6 is 0 Å². The summed E-state index contributed by atoms with van der Waals surface area (Å²) in [5.74, 6) is 0. The van der Waals surface area contributed by atoms with Crippen molar-refractivity contribution in [2.45, 2.75) is 38.4 Å². The van der Waals surface area contributed by atoms with Gasteiger partial charge in [-0.15, -0.1) is 0 Å². The second-order valence-electron chi connectivity index (χ2n) is 7.19. The van der Waals surface area contributed by atoms with Gasteiger partial charge in [-0.1, -0.05) is 47.6 Å². The average molecular weight is 335 g/mol. The summed E-state index contributed by atoms with van der Waals surface area (Å²) in [4.78, 5) is 15.7. The molecule has 2 aliphatic heterocycles. The number of hydrogen-bond acceptors (Lipinski definition) is 4. The summed E-state index contributed by atoms with van der Waals surface area (Å²) in [6.45, 7) is 4.74. The van der Waals surface area contributed by atoms with Gasteiger partial charge in [-0.25, -0.2) is 0 Å². The van der Waals surface area contributed by atoms with Crippen LogP contribution in [-0.2, 0) is 19.5 Å². The number of likely N-dealkylation sites (tertiary alicyclic amines) is 1. The van der Waals surface area contributed by atoms with Crippen molar-refractivity contribution in [2.24, 2.45) is 5.18 Å². The molecule has 0 amide bonds. The summed E-state index contributed by atoms with van der Waals surface area (Å²) < 4.78 is 0. The van der Waals surface area contributed by atoms with Crippen LogP contribution in [0.2, 0.25) is 0 Å². The largest absolute Gasteiger partial charge is 0.368 e. The van der Waals surface area contributed by atoms with Gasteiger partial charge >= 0.3 is 0 Å². The van der Waals surface area contributed by atoms with E-state index in [1.54, 1.807) is 0 Å². The van der Waals surface area contributed by atoms with Crippen molar-refractivity contribution in [3.05, 3.63) is 70.1 Å². The molecule has 2 aliphatic rings. The number of benzene rings is 2. The standard InChI is InChI=1S/C21H25N3O/c25-22-15-18-6-7-19-8-13-24(21(19)14-18)20-9-11-23(12-10-20)16-17-4-2-1-3-5-17/h1-7,14,20H,8-13,15-16H2. The Kier molecular flexibility index (Phi) is 4.79. The summed E-state index contributed by atoms with van der Waals surface area (Å²) in [5, 5.41) is 3.04. The monoisotopic (exact) mass is 335 g/mol. The Balaban J connectivity index is 1.39. The molecule has 0 spiro atoms. The molecule has 0 bridgehead atoms. The number of fused-ring (bicyclic) bond motifs is 1. The Labute approximate surface area is 149 Å². The second-order valence-corrected chi connectivity index (χ2v) is 7.19. The van der Waals surface area contributed by atoms with Crippen molar-refractivity contribution in [1.29, 1.82) is 0 Å². The molecule has 0 saturated carbocycles. The molecular weight excluding hydrogens is 310 g/mol. The Hall–Kier alpha value is -2.20. The van der Waals surface area contributed by atoms with Gasteiger partial charge in [-0.3, -0.25) is 4.90 Å². The Morgan fingerprint density at radius 1 is 0.960 bits per heavy atom. The molecule has 0 aliphatic carbocycles. The van der Waals surface area contributed by atoms with E-state index in [1.165, 1.54) is 29.7 Å². The number of nitroso groups, excluding NO2 is 1. The lowest BCUT2D eigenvalue weighted by Gasteiger charge is -2.38. The highest BCUT2D eigenvalue weighted by Gasteiger charge is 2.29. The molecule has 25 heavy (non-hydrogen) atoms. The second kappa shape index (κ2) is 7.36. The summed E-state index contributed by atoms with van der Waals surface area (Å²) in [6.07, 6.45) is 3.54. The summed E-state index contributed by atoms with van der Waals surface area (Å²) in [7, 11) is 0. The van der Waals surface area contributed by atoms with Crippen LogP contribution in [0.25, 0.3) is 0 Å². The smallest absolute Gasteiger partial charge is 0.106 e. The molecule has 4 heteroatoms. The number of piperidine rings is 1. The number of anilines is 1. The first kappa shape index (κ1) is 16.3. The summed E-state index contributed by atoms with van der Waals surface area (Å²) >= 11 is 0. The van der Waals surface area contributed by atoms with Crippen LogP contribution in [0.15, 0.2) is 53.7 Å². The van der Waals surface area contributed by atoms with E-state index in [0.29, 0.717) is 6.04 Å². The van der Waals surface area contributed by atoms with Crippen molar-refractivity contribution >= 4 is 5.69 Å². The molecule has 130 valence electrons. The van der Waals surface area contributed by atoms with Gasteiger partial charge in [0.25, 0.3) is 0 Å². The molecule has 0 atom stereocenters. The van der Waals surface area contributed by atoms with E-state index in [9.17, 15) is 4.91 Å². The SMILES string of the molecule is O=NCc1ccc2c(c1)N(C1CCN(Cc3ccccc3)CC1)CC2. The van der Waals surface area contributed by atoms with E-state index in [4.69, 9.17) is 0 Å². The van der Waals surface area contributed by atoms with Crippen LogP contribution in [0.5, 0.6) is 0 Å².